The minimum absolute atomic E-state index is 0.0351. The number of fused-ring (bicyclic) bond motifs is 1. The van der Waals surface area contributed by atoms with Crippen LogP contribution in [0.25, 0.3) is 10.9 Å². The first-order chi connectivity index (χ1) is 10.5. The van der Waals surface area contributed by atoms with Crippen LogP contribution in [-0.4, -0.2) is 32.7 Å². The predicted octanol–water partition coefficient (Wildman–Crippen LogP) is 2.44. The number of aromatic nitrogens is 1. The lowest BCUT2D eigenvalue weighted by Crippen LogP contribution is -2.32. The summed E-state index contributed by atoms with van der Waals surface area (Å²) in [6, 6.07) is 4.02. The van der Waals surface area contributed by atoms with Gasteiger partial charge in [0.25, 0.3) is 0 Å². The Labute approximate surface area is 141 Å². The number of benzene rings is 1. The van der Waals surface area contributed by atoms with Crippen LogP contribution < -0.4 is 4.72 Å². The third-order valence-electron chi connectivity index (χ3n) is 3.54. The molecule has 2 aromatic rings. The summed E-state index contributed by atoms with van der Waals surface area (Å²) in [5, 5.41) is 0.284. The standard InChI is InChI=1S/C14H14FIN2O3S/c15-12-3-4-13(11-6-9(16)7-17-14(11)12)22(19,20)18-8-10-2-1-5-21-10/h3-4,6-7,10,18H,1-2,5,8H2/t10-/m1/s1. The Bertz CT molecular complexity index is 807. The van der Waals surface area contributed by atoms with Crippen LogP contribution in [0.4, 0.5) is 4.39 Å². The van der Waals surface area contributed by atoms with Gasteiger partial charge in [-0.05, 0) is 53.6 Å². The van der Waals surface area contributed by atoms with Crippen LogP contribution in [0.1, 0.15) is 12.8 Å². The van der Waals surface area contributed by atoms with Crippen molar-refractivity contribution in [1.29, 1.82) is 0 Å². The quantitative estimate of drug-likeness (QED) is 0.748. The number of pyridine rings is 1. The van der Waals surface area contributed by atoms with Gasteiger partial charge in [0.1, 0.15) is 11.3 Å². The van der Waals surface area contributed by atoms with Gasteiger partial charge in [0, 0.05) is 28.3 Å². The highest BCUT2D eigenvalue weighted by atomic mass is 127. The number of sulfonamides is 1. The Kier molecular flexibility index (Phi) is 4.62. The summed E-state index contributed by atoms with van der Waals surface area (Å²) in [5.74, 6) is -0.538. The molecule has 0 aliphatic carbocycles. The molecule has 0 spiro atoms. The maximum Gasteiger partial charge on any atom is 0.241 e. The maximum atomic E-state index is 13.8. The fraction of sp³-hybridized carbons (Fsp3) is 0.357. The summed E-state index contributed by atoms with van der Waals surface area (Å²) < 4.78 is 47.5. The van der Waals surface area contributed by atoms with Gasteiger partial charge in [-0.25, -0.2) is 17.5 Å². The van der Waals surface area contributed by atoms with Crippen LogP contribution in [0.15, 0.2) is 29.3 Å². The van der Waals surface area contributed by atoms with Crippen molar-refractivity contribution in [3.8, 4) is 0 Å². The number of ether oxygens (including phenoxy) is 1. The van der Waals surface area contributed by atoms with Crippen molar-refractivity contribution in [1.82, 2.24) is 9.71 Å². The molecule has 0 amide bonds. The van der Waals surface area contributed by atoms with E-state index in [1.807, 2.05) is 22.6 Å². The molecule has 0 radical (unpaired) electrons. The molecule has 5 nitrogen and oxygen atoms in total. The second-order valence-electron chi connectivity index (χ2n) is 5.08. The third-order valence-corrected chi connectivity index (χ3v) is 5.61. The first kappa shape index (κ1) is 16.0. The largest absolute Gasteiger partial charge is 0.377 e. The Hall–Kier alpha value is -0.840. The average Bonchev–Trinajstić information content (AvgIpc) is 2.98. The molecule has 3 rings (SSSR count). The zero-order chi connectivity index (χ0) is 15.7. The van der Waals surface area contributed by atoms with E-state index in [1.165, 1.54) is 12.3 Å². The molecule has 1 aromatic heterocycles. The van der Waals surface area contributed by atoms with Crippen LogP contribution in [0, 0.1) is 9.39 Å². The van der Waals surface area contributed by atoms with Crippen LogP contribution in [0.2, 0.25) is 0 Å². The van der Waals surface area contributed by atoms with E-state index in [-0.39, 0.29) is 28.4 Å². The van der Waals surface area contributed by atoms with Crippen LogP contribution in [0.3, 0.4) is 0 Å². The Morgan fingerprint density at radius 2 is 2.27 bits per heavy atom. The number of rotatable bonds is 4. The van der Waals surface area contributed by atoms with E-state index in [0.717, 1.165) is 22.5 Å². The Morgan fingerprint density at radius 1 is 1.45 bits per heavy atom. The van der Waals surface area contributed by atoms with Gasteiger partial charge in [-0.15, -0.1) is 0 Å². The summed E-state index contributed by atoms with van der Waals surface area (Å²) in [6.07, 6.45) is 3.18. The molecular weight excluding hydrogens is 422 g/mol. The minimum atomic E-state index is -3.75. The third kappa shape index (κ3) is 3.24. The normalized spacial score (nSPS) is 18.9. The molecule has 2 heterocycles. The summed E-state index contributed by atoms with van der Waals surface area (Å²) >= 11 is 2.02. The summed E-state index contributed by atoms with van der Waals surface area (Å²) in [5.41, 5.74) is 0.0559. The van der Waals surface area contributed by atoms with Gasteiger partial charge >= 0.3 is 0 Å². The van der Waals surface area contributed by atoms with Crippen molar-refractivity contribution >= 4 is 43.5 Å². The van der Waals surface area contributed by atoms with E-state index in [0.29, 0.717) is 6.61 Å². The molecule has 118 valence electrons. The lowest BCUT2D eigenvalue weighted by molar-refractivity contribution is 0.114. The number of hydrogen-bond acceptors (Lipinski definition) is 4. The van der Waals surface area contributed by atoms with Crippen LogP contribution in [-0.2, 0) is 14.8 Å². The molecule has 1 aliphatic heterocycles. The number of nitrogens with zero attached hydrogens (tertiary/aromatic N) is 1. The molecule has 1 saturated heterocycles. The van der Waals surface area contributed by atoms with Crippen molar-refractivity contribution in [3.63, 3.8) is 0 Å². The highest BCUT2D eigenvalue weighted by molar-refractivity contribution is 14.1. The smallest absolute Gasteiger partial charge is 0.241 e. The van der Waals surface area contributed by atoms with E-state index in [4.69, 9.17) is 4.74 Å². The molecule has 1 fully saturated rings. The zero-order valence-electron chi connectivity index (χ0n) is 11.6. The number of hydrogen-bond donors (Lipinski definition) is 1. The highest BCUT2D eigenvalue weighted by Gasteiger charge is 2.23. The van der Waals surface area contributed by atoms with Gasteiger partial charge < -0.3 is 4.74 Å². The Morgan fingerprint density at radius 3 is 3.00 bits per heavy atom. The van der Waals surface area contributed by atoms with Crippen molar-refractivity contribution in [2.75, 3.05) is 13.2 Å². The lowest BCUT2D eigenvalue weighted by atomic mass is 10.2. The molecule has 8 heteroatoms. The van der Waals surface area contributed by atoms with Crippen molar-refractivity contribution < 1.29 is 17.5 Å². The van der Waals surface area contributed by atoms with E-state index in [9.17, 15) is 12.8 Å². The van der Waals surface area contributed by atoms with E-state index < -0.39 is 15.8 Å². The summed E-state index contributed by atoms with van der Waals surface area (Å²) in [7, 11) is -3.75. The van der Waals surface area contributed by atoms with Gasteiger partial charge in [0.2, 0.25) is 10.0 Å². The zero-order valence-corrected chi connectivity index (χ0v) is 14.5. The molecule has 1 aromatic carbocycles. The van der Waals surface area contributed by atoms with Gasteiger partial charge in [-0.1, -0.05) is 0 Å². The molecule has 0 unspecified atom stereocenters. The number of nitrogens with one attached hydrogen (secondary N) is 1. The second kappa shape index (κ2) is 6.34. The van der Waals surface area contributed by atoms with Crippen molar-refractivity contribution in [2.24, 2.45) is 0 Å². The fourth-order valence-electron chi connectivity index (χ4n) is 2.46. The Balaban J connectivity index is 1.97. The predicted molar refractivity (Wildman–Crippen MR) is 88.6 cm³/mol. The van der Waals surface area contributed by atoms with E-state index in [2.05, 4.69) is 9.71 Å². The first-order valence-corrected chi connectivity index (χ1v) is 9.38. The number of halogens is 2. The van der Waals surface area contributed by atoms with Gasteiger partial charge in [0.15, 0.2) is 0 Å². The topological polar surface area (TPSA) is 68.3 Å². The summed E-state index contributed by atoms with van der Waals surface area (Å²) in [6.45, 7) is 0.881. The van der Waals surface area contributed by atoms with Crippen LogP contribution >= 0.6 is 22.6 Å². The molecule has 22 heavy (non-hydrogen) atoms. The van der Waals surface area contributed by atoms with Gasteiger partial charge in [-0.3, -0.25) is 4.98 Å². The molecule has 0 saturated carbocycles. The molecule has 1 aliphatic rings. The lowest BCUT2D eigenvalue weighted by Gasteiger charge is -2.13. The first-order valence-electron chi connectivity index (χ1n) is 6.82. The van der Waals surface area contributed by atoms with Gasteiger partial charge in [-0.2, -0.15) is 0 Å². The average molecular weight is 436 g/mol. The molecule has 0 bridgehead atoms. The monoisotopic (exact) mass is 436 g/mol. The maximum absolute atomic E-state index is 13.8. The van der Waals surface area contributed by atoms with Crippen LogP contribution in [0.5, 0.6) is 0 Å². The van der Waals surface area contributed by atoms with E-state index >= 15 is 0 Å². The van der Waals surface area contributed by atoms with Gasteiger partial charge in [0.05, 0.1) is 11.0 Å². The molecule has 1 atom stereocenters. The van der Waals surface area contributed by atoms with Crippen molar-refractivity contribution in [3.05, 3.63) is 33.8 Å². The highest BCUT2D eigenvalue weighted by Crippen LogP contribution is 2.25. The van der Waals surface area contributed by atoms with Crippen molar-refractivity contribution in [2.45, 2.75) is 23.8 Å². The molecule has 1 N–H and O–H groups in total. The van der Waals surface area contributed by atoms with E-state index in [1.54, 1.807) is 6.07 Å². The second-order valence-corrected chi connectivity index (χ2v) is 8.06. The summed E-state index contributed by atoms with van der Waals surface area (Å²) in [4.78, 5) is 4.03. The molecular formula is C14H14FIN2O3S. The fourth-order valence-corrected chi connectivity index (χ4v) is 4.16. The minimum Gasteiger partial charge on any atom is -0.377 e. The SMILES string of the molecule is O=S(=O)(NC[C@H]1CCCO1)c1ccc(F)c2ncc(I)cc12.